The number of carboxylic acids is 1. The molecule has 5 rings (SSSR count). The van der Waals surface area contributed by atoms with Crippen LogP contribution in [0, 0.1) is 6.92 Å². The lowest BCUT2D eigenvalue weighted by Gasteiger charge is -2.37. The van der Waals surface area contributed by atoms with E-state index in [1.807, 2.05) is 60.4 Å². The third-order valence-electron chi connectivity index (χ3n) is 6.35. The van der Waals surface area contributed by atoms with Crippen molar-refractivity contribution in [2.24, 2.45) is 0 Å². The van der Waals surface area contributed by atoms with E-state index in [0.29, 0.717) is 32.0 Å². The van der Waals surface area contributed by atoms with E-state index in [1.165, 1.54) is 0 Å². The molecule has 1 atom stereocenters. The second kappa shape index (κ2) is 9.66. The minimum absolute atomic E-state index is 0.455. The zero-order valence-corrected chi connectivity index (χ0v) is 19.0. The van der Waals surface area contributed by atoms with Gasteiger partial charge in [-0.15, -0.1) is 0 Å². The molecule has 9 nitrogen and oxygen atoms in total. The molecule has 2 N–H and O–H groups in total. The molecule has 1 fully saturated rings. The highest BCUT2D eigenvalue weighted by molar-refractivity contribution is 5.90. The molecule has 0 saturated carbocycles. The molecule has 0 aliphatic carbocycles. The minimum Gasteiger partial charge on any atom is -0.489 e. The fourth-order valence-corrected chi connectivity index (χ4v) is 4.45. The SMILES string of the molecule is Cc1nonc1CN1CCN([C@H](C(=O)O)c2c[nH]c3ccc(OCc4ccccc4)cc23)CC1. The minimum atomic E-state index is -0.860. The van der Waals surface area contributed by atoms with Crippen LogP contribution in [0.5, 0.6) is 5.75 Å². The van der Waals surface area contributed by atoms with E-state index in [2.05, 4.69) is 20.2 Å². The number of hydrogen-bond acceptors (Lipinski definition) is 7. The lowest BCUT2D eigenvalue weighted by Crippen LogP contribution is -2.48. The second-order valence-corrected chi connectivity index (χ2v) is 8.57. The van der Waals surface area contributed by atoms with Gasteiger partial charge in [-0.2, -0.15) is 0 Å². The number of carbonyl (C=O) groups is 1. The summed E-state index contributed by atoms with van der Waals surface area (Å²) in [5, 5.41) is 18.8. The summed E-state index contributed by atoms with van der Waals surface area (Å²) in [5.74, 6) is -0.149. The summed E-state index contributed by atoms with van der Waals surface area (Å²) in [7, 11) is 0. The number of aromatic amines is 1. The molecular formula is C25H27N5O4. The molecular weight excluding hydrogens is 434 g/mol. The molecule has 9 heteroatoms. The first kappa shape index (κ1) is 22.1. The average molecular weight is 462 g/mol. The van der Waals surface area contributed by atoms with Crippen molar-refractivity contribution < 1.29 is 19.3 Å². The smallest absolute Gasteiger partial charge is 0.325 e. The van der Waals surface area contributed by atoms with Gasteiger partial charge in [-0.3, -0.25) is 14.6 Å². The standard InChI is InChI=1S/C25H27N5O4/c1-17-23(28-34-27-17)15-29-9-11-30(12-10-29)24(25(31)32)21-14-26-22-8-7-19(13-20(21)22)33-16-18-5-3-2-4-6-18/h2-8,13-14,24,26H,9-12,15-16H2,1H3,(H,31,32)/t24-/m0/s1. The Morgan fingerprint density at radius 1 is 1.15 bits per heavy atom. The van der Waals surface area contributed by atoms with Gasteiger partial charge in [0, 0.05) is 55.4 Å². The number of nitrogens with zero attached hydrogens (tertiary/aromatic N) is 4. The lowest BCUT2D eigenvalue weighted by atomic mass is 10.0. The number of ether oxygens (including phenoxy) is 1. The Morgan fingerprint density at radius 3 is 2.65 bits per heavy atom. The predicted octanol–water partition coefficient (Wildman–Crippen LogP) is 3.38. The summed E-state index contributed by atoms with van der Waals surface area (Å²) in [6.07, 6.45) is 1.81. The van der Waals surface area contributed by atoms with Crippen LogP contribution in [0.4, 0.5) is 0 Å². The van der Waals surface area contributed by atoms with Crippen molar-refractivity contribution in [3.63, 3.8) is 0 Å². The fourth-order valence-electron chi connectivity index (χ4n) is 4.45. The normalized spacial score (nSPS) is 16.0. The summed E-state index contributed by atoms with van der Waals surface area (Å²) in [6, 6.07) is 15.0. The number of hydrogen-bond donors (Lipinski definition) is 2. The first-order chi connectivity index (χ1) is 16.6. The van der Waals surface area contributed by atoms with E-state index in [0.717, 1.165) is 46.5 Å². The average Bonchev–Trinajstić information content (AvgIpc) is 3.45. The molecule has 3 heterocycles. The van der Waals surface area contributed by atoms with Gasteiger partial charge in [-0.25, -0.2) is 4.63 Å². The molecule has 1 aliphatic heterocycles. The molecule has 0 radical (unpaired) electrons. The topological polar surface area (TPSA) is 108 Å². The Bertz CT molecular complexity index is 1260. The van der Waals surface area contributed by atoms with Crippen LogP contribution in [0.15, 0.2) is 59.4 Å². The zero-order valence-electron chi connectivity index (χ0n) is 19.0. The van der Waals surface area contributed by atoms with Crippen molar-refractivity contribution in [2.45, 2.75) is 26.1 Å². The number of fused-ring (bicyclic) bond motifs is 1. The van der Waals surface area contributed by atoms with Crippen LogP contribution in [-0.2, 0) is 17.9 Å². The van der Waals surface area contributed by atoms with E-state index in [4.69, 9.17) is 9.37 Å². The monoisotopic (exact) mass is 461 g/mol. The predicted molar refractivity (Wildman–Crippen MR) is 125 cm³/mol. The van der Waals surface area contributed by atoms with Gasteiger partial charge >= 0.3 is 5.97 Å². The van der Waals surface area contributed by atoms with Gasteiger partial charge in [0.2, 0.25) is 0 Å². The van der Waals surface area contributed by atoms with Crippen molar-refractivity contribution in [3.05, 3.63) is 77.2 Å². The molecule has 0 bridgehead atoms. The Labute approximate surface area is 196 Å². The van der Waals surface area contributed by atoms with Gasteiger partial charge in [0.05, 0.1) is 0 Å². The lowest BCUT2D eigenvalue weighted by molar-refractivity contribution is -0.144. The number of rotatable bonds is 8. The van der Waals surface area contributed by atoms with Crippen LogP contribution in [-0.4, -0.2) is 62.4 Å². The van der Waals surface area contributed by atoms with E-state index < -0.39 is 12.0 Å². The first-order valence-corrected chi connectivity index (χ1v) is 11.3. The van der Waals surface area contributed by atoms with Gasteiger partial charge in [0.15, 0.2) is 0 Å². The van der Waals surface area contributed by atoms with Crippen LogP contribution in [0.2, 0.25) is 0 Å². The van der Waals surface area contributed by atoms with Crippen LogP contribution in [0.25, 0.3) is 10.9 Å². The molecule has 2 aromatic heterocycles. The highest BCUT2D eigenvalue weighted by Crippen LogP contribution is 2.32. The quantitative estimate of drug-likeness (QED) is 0.411. The molecule has 0 amide bonds. The van der Waals surface area contributed by atoms with Gasteiger partial charge in [-0.05, 0) is 30.7 Å². The van der Waals surface area contributed by atoms with Gasteiger partial charge in [0.25, 0.3) is 0 Å². The number of benzene rings is 2. The highest BCUT2D eigenvalue weighted by atomic mass is 16.6. The van der Waals surface area contributed by atoms with E-state index >= 15 is 0 Å². The summed E-state index contributed by atoms with van der Waals surface area (Å²) in [6.45, 7) is 5.73. The maximum atomic E-state index is 12.4. The van der Waals surface area contributed by atoms with Crippen molar-refractivity contribution in [1.82, 2.24) is 25.1 Å². The molecule has 34 heavy (non-hydrogen) atoms. The summed E-state index contributed by atoms with van der Waals surface area (Å²) in [4.78, 5) is 19.9. The number of aliphatic carboxylic acids is 1. The van der Waals surface area contributed by atoms with Crippen LogP contribution >= 0.6 is 0 Å². The number of aromatic nitrogens is 3. The fraction of sp³-hybridized carbons (Fsp3) is 0.320. The summed E-state index contributed by atoms with van der Waals surface area (Å²) in [5.41, 5.74) is 4.33. The largest absolute Gasteiger partial charge is 0.489 e. The summed E-state index contributed by atoms with van der Waals surface area (Å²) < 4.78 is 10.8. The number of H-pyrrole nitrogens is 1. The van der Waals surface area contributed by atoms with Crippen molar-refractivity contribution in [2.75, 3.05) is 26.2 Å². The number of piperazine rings is 1. The molecule has 4 aromatic rings. The van der Waals surface area contributed by atoms with Crippen LogP contribution < -0.4 is 4.74 Å². The van der Waals surface area contributed by atoms with E-state index in [1.54, 1.807) is 6.20 Å². The Morgan fingerprint density at radius 2 is 1.94 bits per heavy atom. The van der Waals surface area contributed by atoms with Crippen LogP contribution in [0.1, 0.15) is 28.6 Å². The molecule has 0 unspecified atom stereocenters. The Hall–Kier alpha value is -3.69. The third-order valence-corrected chi connectivity index (χ3v) is 6.35. The number of carboxylic acid groups (broad SMARTS) is 1. The van der Waals surface area contributed by atoms with Crippen LogP contribution in [0.3, 0.4) is 0 Å². The zero-order chi connectivity index (χ0) is 23.5. The maximum absolute atomic E-state index is 12.4. The van der Waals surface area contributed by atoms with Gasteiger partial charge in [-0.1, -0.05) is 40.6 Å². The van der Waals surface area contributed by atoms with Gasteiger partial charge in [0.1, 0.15) is 29.8 Å². The third kappa shape index (κ3) is 4.66. The van der Waals surface area contributed by atoms with Gasteiger partial charge < -0.3 is 14.8 Å². The highest BCUT2D eigenvalue weighted by Gasteiger charge is 2.32. The first-order valence-electron chi connectivity index (χ1n) is 11.3. The molecule has 176 valence electrons. The maximum Gasteiger partial charge on any atom is 0.325 e. The Balaban J connectivity index is 1.31. The van der Waals surface area contributed by atoms with Crippen molar-refractivity contribution in [1.29, 1.82) is 0 Å². The Kier molecular flexibility index (Phi) is 6.29. The van der Waals surface area contributed by atoms with E-state index in [9.17, 15) is 9.90 Å². The number of aryl methyl sites for hydroxylation is 1. The van der Waals surface area contributed by atoms with Crippen molar-refractivity contribution >= 4 is 16.9 Å². The summed E-state index contributed by atoms with van der Waals surface area (Å²) >= 11 is 0. The molecule has 1 aliphatic rings. The molecule has 0 spiro atoms. The molecule has 1 saturated heterocycles. The second-order valence-electron chi connectivity index (χ2n) is 8.57. The van der Waals surface area contributed by atoms with Crippen molar-refractivity contribution in [3.8, 4) is 5.75 Å². The number of nitrogens with one attached hydrogen (secondary N) is 1. The van der Waals surface area contributed by atoms with E-state index in [-0.39, 0.29) is 0 Å². The molecule has 2 aromatic carbocycles.